The van der Waals surface area contributed by atoms with Crippen LogP contribution in [0.2, 0.25) is 0 Å². The fourth-order valence-electron chi connectivity index (χ4n) is 6.80. The fraction of sp³-hybridized carbons (Fsp3) is 0. The van der Waals surface area contributed by atoms with Gasteiger partial charge in [0.05, 0.1) is 44.5 Å². The second-order valence-corrected chi connectivity index (χ2v) is 13.2. The van der Waals surface area contributed by atoms with E-state index in [-0.39, 0.29) is 90.2 Å². The number of nitrogens with zero attached hydrogens (tertiary/aromatic N) is 32. The van der Waals surface area contributed by atoms with Gasteiger partial charge in [-0.1, -0.05) is 0 Å². The Hall–Kier alpha value is -11.6. The molecule has 84 heavy (non-hydrogen) atoms. The predicted molar refractivity (Wildman–Crippen MR) is 284 cm³/mol. The van der Waals surface area contributed by atoms with Crippen molar-refractivity contribution < 1.29 is 86.3 Å². The molecule has 40 heteroatoms. The second kappa shape index (κ2) is 45.3. The van der Waals surface area contributed by atoms with Gasteiger partial charge in [-0.05, 0) is 97.1 Å². The van der Waals surface area contributed by atoms with E-state index in [4.69, 9.17) is 88.5 Å². The number of fused-ring (bicyclic) bond motifs is 12. The largest absolute Gasteiger partial charge is 2.00 e. The Labute approximate surface area is 510 Å². The van der Waals surface area contributed by atoms with E-state index < -0.39 is 0 Å². The SMILES string of the molecule is O=C1c2cccnc2-c2ncccc21.O=C1c2cccnc2-c2ncccc21.O=C1c2cccnc2-c2ncccc21.O=C1c2cccnc2-c2ncccc21.[Co+2].[Co+2].[Co+2].[Co+2].[N-]=[N+]=[N-].[N-]=[N+]=[N-].[N-]=[N+]=[N-].[N-]=[N+]=[N-].[N-]=[N+]=[N-].[N-]=[N+]=[N-].[N-]=[N+]=[N-].[N-]=[N+]=[N-]. The van der Waals surface area contributed by atoms with Gasteiger partial charge in [-0.2, -0.15) is 0 Å². The van der Waals surface area contributed by atoms with E-state index in [1.54, 1.807) is 147 Å². The molecule has 420 valence electrons. The monoisotopic (exact) mass is 1300 g/mol. The van der Waals surface area contributed by atoms with Gasteiger partial charge in [0.25, 0.3) is 0 Å². The first kappa shape index (κ1) is 78.9. The molecule has 8 heterocycles. The van der Waals surface area contributed by atoms with Crippen molar-refractivity contribution in [2.24, 2.45) is 0 Å². The Kier molecular flexibility index (Phi) is 42.5. The summed E-state index contributed by atoms with van der Waals surface area (Å²) >= 11 is 0. The summed E-state index contributed by atoms with van der Waals surface area (Å²) in [5.41, 5.74) is 119. The van der Waals surface area contributed by atoms with Gasteiger partial charge in [0.1, 0.15) is 45.6 Å². The van der Waals surface area contributed by atoms with Crippen LogP contribution >= 0.6 is 0 Å². The van der Waals surface area contributed by atoms with Crippen LogP contribution in [-0.2, 0) is 67.1 Å². The molecule has 4 aliphatic rings. The number of aromatic nitrogens is 8. The first-order valence-corrected chi connectivity index (χ1v) is 20.5. The standard InChI is InChI=1S/4C11H6N2O.4Co.8N3/c4*14-11-7-3-1-5-12-9(7)10-8(11)4-2-6-13-10;;;;;8*1-3-2/h4*1-6H;;;;;;;;;;;;/q;;;;4*+2;8*-1. The molecular formula is C44H24Co4N32O4. The van der Waals surface area contributed by atoms with Gasteiger partial charge < -0.3 is 88.5 Å². The molecule has 8 aromatic rings. The summed E-state index contributed by atoms with van der Waals surface area (Å²) in [6.07, 6.45) is 13.4. The minimum absolute atomic E-state index is 0. The molecule has 12 rings (SSSR count). The Morgan fingerprint density at radius 3 is 0.369 bits per heavy atom. The molecule has 0 unspecified atom stereocenters. The van der Waals surface area contributed by atoms with Gasteiger partial charge in [0.2, 0.25) is 0 Å². The number of carbonyl (C=O) groups excluding carboxylic acids is 4. The number of carbonyl (C=O) groups is 4. The summed E-state index contributed by atoms with van der Waals surface area (Å²) in [6.45, 7) is 0. The molecule has 0 bridgehead atoms. The molecule has 4 aliphatic carbocycles. The zero-order chi connectivity index (χ0) is 59.8. The van der Waals surface area contributed by atoms with Crippen molar-refractivity contribution in [3.63, 3.8) is 0 Å². The fourth-order valence-corrected chi connectivity index (χ4v) is 6.80. The summed E-state index contributed by atoms with van der Waals surface area (Å²) in [4.78, 5) is 92.6. The van der Waals surface area contributed by atoms with E-state index in [1.807, 2.05) is 0 Å². The Bertz CT molecular complexity index is 3070. The normalized spacial score (nSPS) is 9.05. The zero-order valence-electron chi connectivity index (χ0n) is 41.1. The smallest absolute Gasteiger partial charge is 0.373 e. The third kappa shape index (κ3) is 21.9. The average molecular weight is 1300 g/mol. The molecule has 0 aliphatic heterocycles. The van der Waals surface area contributed by atoms with Crippen molar-refractivity contribution in [2.45, 2.75) is 0 Å². The molecule has 0 amide bonds. The number of hydrogen-bond donors (Lipinski definition) is 0. The zero-order valence-corrected chi connectivity index (χ0v) is 45.3. The van der Waals surface area contributed by atoms with Crippen LogP contribution in [0.3, 0.4) is 0 Å². The van der Waals surface area contributed by atoms with E-state index in [1.165, 1.54) is 39.3 Å². The van der Waals surface area contributed by atoms with Crippen LogP contribution in [0, 0.1) is 0 Å². The molecule has 4 radical (unpaired) electrons. The van der Waals surface area contributed by atoms with Crippen molar-refractivity contribution in [2.75, 3.05) is 0 Å². The van der Waals surface area contributed by atoms with Crippen LogP contribution in [0.25, 0.3) is 173 Å². The Morgan fingerprint density at radius 2 is 0.286 bits per heavy atom. The third-order valence-corrected chi connectivity index (χ3v) is 9.32. The van der Waals surface area contributed by atoms with Crippen LogP contribution in [-0.4, -0.2) is 63.0 Å². The van der Waals surface area contributed by atoms with Gasteiger partial charge in [0, 0.05) is 49.6 Å². The van der Waals surface area contributed by atoms with Crippen LogP contribution in [0.15, 0.2) is 147 Å². The van der Waals surface area contributed by atoms with E-state index in [2.05, 4.69) is 39.9 Å². The number of hydrogen-bond acceptors (Lipinski definition) is 12. The van der Waals surface area contributed by atoms with Crippen molar-refractivity contribution in [1.82, 2.24) is 39.9 Å². The molecule has 0 N–H and O–H groups in total. The maximum Gasteiger partial charge on any atom is 2.00 e. The summed E-state index contributed by atoms with van der Waals surface area (Å²) < 4.78 is 0. The van der Waals surface area contributed by atoms with Crippen LogP contribution < -0.4 is 0 Å². The van der Waals surface area contributed by atoms with Gasteiger partial charge in [-0.25, -0.2) is 0 Å². The van der Waals surface area contributed by atoms with E-state index in [0.717, 1.165) is 0 Å². The van der Waals surface area contributed by atoms with Crippen LogP contribution in [0.4, 0.5) is 0 Å². The topological polar surface area (TPSA) is 641 Å². The van der Waals surface area contributed by atoms with Gasteiger partial charge in [-0.15, -0.1) is 0 Å². The molecule has 0 saturated heterocycles. The maximum atomic E-state index is 11.8. The molecule has 36 nitrogen and oxygen atoms in total. The first-order valence-electron chi connectivity index (χ1n) is 20.5. The summed E-state index contributed by atoms with van der Waals surface area (Å²) in [5, 5.41) is 0. The first-order chi connectivity index (χ1) is 38.8. The number of ketones is 4. The van der Waals surface area contributed by atoms with Gasteiger partial charge in [-0.3, -0.25) is 98.3 Å². The minimum atomic E-state index is 0. The number of rotatable bonds is 0. The molecule has 0 saturated carbocycles. The average Bonchev–Trinajstić information content (AvgIpc) is 4.29. The van der Waals surface area contributed by atoms with Crippen molar-refractivity contribution in [3.05, 3.63) is 319 Å². The predicted octanol–water partition coefficient (Wildman–Crippen LogP) is 13.7. The molecule has 0 fully saturated rings. The molecule has 8 aromatic heterocycles. The van der Waals surface area contributed by atoms with Gasteiger partial charge in [0.15, 0.2) is 23.1 Å². The second-order valence-electron chi connectivity index (χ2n) is 13.2. The molecular weight excluding hydrogens is 1280 g/mol. The third-order valence-electron chi connectivity index (χ3n) is 9.32. The Morgan fingerprint density at radius 1 is 0.202 bits per heavy atom. The van der Waals surface area contributed by atoms with E-state index in [0.29, 0.717) is 90.1 Å². The van der Waals surface area contributed by atoms with E-state index >= 15 is 0 Å². The molecule has 0 spiro atoms. The molecule has 0 atom stereocenters. The van der Waals surface area contributed by atoms with Crippen LogP contribution in [0.5, 0.6) is 0 Å². The maximum absolute atomic E-state index is 11.8. The van der Waals surface area contributed by atoms with Crippen molar-refractivity contribution >= 4 is 23.1 Å². The molecule has 0 aromatic carbocycles. The van der Waals surface area contributed by atoms with Crippen molar-refractivity contribution in [3.8, 4) is 45.6 Å². The minimum Gasteiger partial charge on any atom is -0.373 e. The summed E-state index contributed by atoms with van der Waals surface area (Å²) in [7, 11) is 0. The van der Waals surface area contributed by atoms with Crippen molar-refractivity contribution in [1.29, 1.82) is 0 Å². The number of pyridine rings is 8. The van der Waals surface area contributed by atoms with Gasteiger partial charge >= 0.3 is 67.1 Å². The van der Waals surface area contributed by atoms with E-state index in [9.17, 15) is 19.2 Å². The Balaban J connectivity index is -0.000000445. The quantitative estimate of drug-likeness (QED) is 0.0776. The van der Waals surface area contributed by atoms with Crippen LogP contribution in [0.1, 0.15) is 63.7 Å². The summed E-state index contributed by atoms with van der Waals surface area (Å²) in [6, 6.07) is 28.4. The summed E-state index contributed by atoms with van der Waals surface area (Å²) in [5.74, 6) is 0.0970.